The molecule has 5 heterocycles. The van der Waals surface area contributed by atoms with Crippen LogP contribution in [0.25, 0.3) is 17.0 Å². The molecule has 0 amide bonds. The second-order valence-electron chi connectivity index (χ2n) is 13.4. The van der Waals surface area contributed by atoms with Crippen LogP contribution in [-0.2, 0) is 17.6 Å². The van der Waals surface area contributed by atoms with Crippen molar-refractivity contribution in [2.45, 2.75) is 89.0 Å². The summed E-state index contributed by atoms with van der Waals surface area (Å²) < 4.78 is 14.6. The highest BCUT2D eigenvalue weighted by atomic mass is 16.5. The summed E-state index contributed by atoms with van der Waals surface area (Å²) in [6, 6.07) is 9.39. The number of ketones is 1. The molecule has 3 aliphatic rings. The Morgan fingerprint density at radius 3 is 2.84 bits per heavy atom. The number of fused-ring (bicyclic) bond motifs is 7. The molecule has 2 bridgehead atoms. The van der Waals surface area contributed by atoms with Crippen molar-refractivity contribution in [1.29, 1.82) is 0 Å². The maximum Gasteiger partial charge on any atom is 0.190 e. The van der Waals surface area contributed by atoms with Gasteiger partial charge in [0.15, 0.2) is 17.7 Å². The third-order valence-corrected chi connectivity index (χ3v) is 9.72. The van der Waals surface area contributed by atoms with Crippen LogP contribution in [0.5, 0.6) is 11.5 Å². The number of carbonyl (C=O) groups excluding carboxylic acids is 1. The molecule has 50 heavy (non-hydrogen) atoms. The molecule has 4 aromatic rings. The molecule has 10 heteroatoms. The first-order valence-corrected chi connectivity index (χ1v) is 17.3. The summed E-state index contributed by atoms with van der Waals surface area (Å²) in [6.45, 7) is 1.97. The van der Waals surface area contributed by atoms with Gasteiger partial charge in [0.25, 0.3) is 0 Å². The molecule has 258 valence electrons. The summed E-state index contributed by atoms with van der Waals surface area (Å²) in [5.41, 5.74) is 12.9. The normalized spacial score (nSPS) is 21.5. The van der Waals surface area contributed by atoms with Crippen LogP contribution < -0.4 is 20.5 Å². The smallest absolute Gasteiger partial charge is 0.190 e. The number of aryl methyl sites for hydroxylation is 1. The van der Waals surface area contributed by atoms with Gasteiger partial charge in [-0.1, -0.05) is 49.3 Å². The van der Waals surface area contributed by atoms with Gasteiger partial charge in [0.2, 0.25) is 0 Å². The second kappa shape index (κ2) is 14.5. The minimum absolute atomic E-state index is 0.00630. The lowest BCUT2D eigenvalue weighted by Gasteiger charge is -2.26. The number of benzene rings is 2. The van der Waals surface area contributed by atoms with E-state index in [-0.39, 0.29) is 31.2 Å². The van der Waals surface area contributed by atoms with Gasteiger partial charge in [0.05, 0.1) is 23.6 Å². The number of nitrogens with one attached hydrogen (secondary N) is 2. The fraction of sp³-hybridized carbons (Fsp3) is 0.375. The molecule has 0 fully saturated rings. The van der Waals surface area contributed by atoms with Crippen molar-refractivity contribution in [3.05, 3.63) is 88.5 Å². The highest BCUT2D eigenvalue weighted by molar-refractivity contribution is 5.84. The van der Waals surface area contributed by atoms with Crippen LogP contribution in [0.1, 0.15) is 97.3 Å². The van der Waals surface area contributed by atoms with Gasteiger partial charge in [0.1, 0.15) is 24.2 Å². The first-order valence-electron chi connectivity index (χ1n) is 17.3. The van der Waals surface area contributed by atoms with E-state index >= 15 is 0 Å². The molecule has 0 saturated heterocycles. The Morgan fingerprint density at radius 2 is 1.98 bits per heavy atom. The topological polar surface area (TPSA) is 155 Å². The molecule has 7 rings (SSSR count). The average Bonchev–Trinajstić information content (AvgIpc) is 3.69. The number of Topliss-reactive ketones (excluding diaryl/α,β-unsaturated/α-hetero) is 1. The molecule has 0 saturated carbocycles. The highest BCUT2D eigenvalue weighted by Crippen LogP contribution is 2.38. The molecule has 2 aromatic carbocycles. The van der Waals surface area contributed by atoms with E-state index in [1.165, 1.54) is 0 Å². The number of hydrogen-bond donors (Lipinski definition) is 6. The van der Waals surface area contributed by atoms with Crippen LogP contribution >= 0.6 is 0 Å². The minimum Gasteiger partial charge on any atom is -0.465 e. The van der Waals surface area contributed by atoms with Crippen LogP contribution in [0, 0.1) is 29.8 Å². The largest absolute Gasteiger partial charge is 0.465 e. The van der Waals surface area contributed by atoms with E-state index in [1.807, 2.05) is 60.4 Å². The fourth-order valence-corrected chi connectivity index (χ4v) is 7.11. The number of aliphatic hydroxyl groups is 3. The van der Waals surface area contributed by atoms with Gasteiger partial charge in [-0.3, -0.25) is 4.79 Å². The van der Waals surface area contributed by atoms with E-state index in [4.69, 9.17) is 15.2 Å². The van der Waals surface area contributed by atoms with Gasteiger partial charge in [-0.15, -0.1) is 0 Å². The van der Waals surface area contributed by atoms with Crippen molar-refractivity contribution in [1.82, 2.24) is 14.9 Å². The van der Waals surface area contributed by atoms with Gasteiger partial charge in [0, 0.05) is 49.7 Å². The van der Waals surface area contributed by atoms with Crippen molar-refractivity contribution in [2.24, 2.45) is 11.7 Å². The number of aromatic amines is 1. The molecular formula is C40H42N4O6. The van der Waals surface area contributed by atoms with E-state index in [9.17, 15) is 20.1 Å². The molecular weight excluding hydrogens is 632 g/mol. The molecule has 10 nitrogen and oxygen atoms in total. The summed E-state index contributed by atoms with van der Waals surface area (Å²) in [6.07, 6.45) is 12.4. The Morgan fingerprint density at radius 1 is 1.12 bits per heavy atom. The van der Waals surface area contributed by atoms with Crippen molar-refractivity contribution in [2.75, 3.05) is 0 Å². The first kappa shape index (κ1) is 33.5. The first-order chi connectivity index (χ1) is 24.3. The van der Waals surface area contributed by atoms with E-state index < -0.39 is 30.5 Å². The fourth-order valence-electron chi connectivity index (χ4n) is 7.11. The number of hydrogen-bond acceptors (Lipinski definition) is 8. The quantitative estimate of drug-likeness (QED) is 0.137. The van der Waals surface area contributed by atoms with Gasteiger partial charge in [-0.2, -0.15) is 0 Å². The minimum atomic E-state index is -1.05. The van der Waals surface area contributed by atoms with Crippen LogP contribution in [-0.4, -0.2) is 42.9 Å². The predicted octanol–water partition coefficient (Wildman–Crippen LogP) is 4.88. The number of aromatic nitrogens is 2. The van der Waals surface area contributed by atoms with Crippen molar-refractivity contribution in [3.8, 4) is 35.4 Å². The number of nitrogens with zero attached hydrogens (tertiary/aromatic N) is 1. The zero-order valence-electron chi connectivity index (χ0n) is 28.0. The average molecular weight is 675 g/mol. The van der Waals surface area contributed by atoms with Crippen LogP contribution in [0.2, 0.25) is 0 Å². The standard InChI is InChI=1S/C40H42N4O6/c1-2-4-27(45)19-29(47)20-28(46)9-6-24-7-13-37-38(17-24)50-40-25(5-3-16-49-37)8-12-36(48)31-10-11-32-30(14-15-42-39(32)41)33(31)18-26-21-43-35-23-44(40)22-34(26)35/h7,10-11,13-15,17,21-23,25,27,29,36,39-40,42-43,45,47-48H,2,4-6,9,18-20,41H2,1H3. The number of H-pyrrole nitrogens is 1. The molecule has 0 spiro atoms. The second-order valence-corrected chi connectivity index (χ2v) is 13.4. The van der Waals surface area contributed by atoms with Crippen molar-refractivity contribution >= 4 is 22.8 Å². The lowest BCUT2D eigenvalue weighted by Crippen LogP contribution is -2.28. The van der Waals surface area contributed by atoms with E-state index in [0.29, 0.717) is 37.2 Å². The zero-order chi connectivity index (χ0) is 34.8. The van der Waals surface area contributed by atoms with E-state index in [2.05, 4.69) is 40.4 Å². The molecule has 7 N–H and O–H groups in total. The van der Waals surface area contributed by atoms with Crippen molar-refractivity contribution in [3.63, 3.8) is 0 Å². The summed E-state index contributed by atoms with van der Waals surface area (Å²) in [5.74, 6) is 9.92. The third-order valence-electron chi connectivity index (χ3n) is 9.72. The molecule has 6 unspecified atom stereocenters. The van der Waals surface area contributed by atoms with Crippen LogP contribution in [0.4, 0.5) is 0 Å². The lowest BCUT2D eigenvalue weighted by molar-refractivity contribution is -0.121. The summed E-state index contributed by atoms with van der Waals surface area (Å²) in [7, 11) is 0. The maximum atomic E-state index is 12.7. The van der Waals surface area contributed by atoms with Crippen molar-refractivity contribution < 1.29 is 29.6 Å². The van der Waals surface area contributed by atoms with E-state index in [0.717, 1.165) is 50.7 Å². The molecule has 3 aliphatic heterocycles. The Kier molecular flexibility index (Phi) is 9.71. The molecule has 2 aromatic heterocycles. The summed E-state index contributed by atoms with van der Waals surface area (Å²) >= 11 is 0. The van der Waals surface area contributed by atoms with E-state index in [1.54, 1.807) is 6.07 Å². The third kappa shape index (κ3) is 7.02. The Labute approximate surface area is 291 Å². The van der Waals surface area contributed by atoms with Gasteiger partial charge in [-0.25, -0.2) is 0 Å². The van der Waals surface area contributed by atoms with Crippen LogP contribution in [0.3, 0.4) is 0 Å². The zero-order valence-corrected chi connectivity index (χ0v) is 28.0. The van der Waals surface area contributed by atoms with Crippen LogP contribution in [0.15, 0.2) is 55.1 Å². The van der Waals surface area contributed by atoms with Gasteiger partial charge in [-0.05, 0) is 77.1 Å². The highest BCUT2D eigenvalue weighted by Gasteiger charge is 2.29. The Bertz CT molecular complexity index is 2060. The Balaban J connectivity index is 1.19. The predicted molar refractivity (Wildman–Crippen MR) is 189 cm³/mol. The number of carbonyl (C=O) groups is 1. The lowest BCUT2D eigenvalue weighted by atomic mass is 9.87. The van der Waals surface area contributed by atoms with Gasteiger partial charge < -0.3 is 45.4 Å². The summed E-state index contributed by atoms with van der Waals surface area (Å²) in [4.78, 5) is 16.1. The monoisotopic (exact) mass is 674 g/mol. The number of aliphatic hydroxyl groups excluding tert-OH is 3. The number of rotatable bonds is 9. The Hall–Kier alpha value is -4.97. The summed E-state index contributed by atoms with van der Waals surface area (Å²) in [5, 5.41) is 36.0. The maximum absolute atomic E-state index is 12.7. The molecule has 0 radical (unpaired) electrons. The number of nitrogens with two attached hydrogens (primary N) is 1. The number of ether oxygens (including phenoxy) is 2. The molecule has 0 aliphatic carbocycles. The SMILES string of the molecule is CCCC(O)CC(O)CC(=O)CCc1ccc2c(c1)OC1C(C#CC(O)c3ccc4c(c3Cc3c[nH]c5cn1cc35)C=CNC4N)CC#CO2. The van der Waals surface area contributed by atoms with Gasteiger partial charge >= 0.3 is 0 Å². The molecule has 6 atom stereocenters.